The van der Waals surface area contributed by atoms with E-state index in [0.717, 1.165) is 11.3 Å². The number of rotatable bonds is 1. The minimum atomic E-state index is -4.93. The van der Waals surface area contributed by atoms with E-state index >= 15 is 0 Å². The Morgan fingerprint density at radius 2 is 1.84 bits per heavy atom. The van der Waals surface area contributed by atoms with Crippen LogP contribution in [0.25, 0.3) is 0 Å². The molecule has 1 aliphatic heterocycles. The average Bonchev–Trinajstić information content (AvgIpc) is 2.53. The Morgan fingerprint density at radius 1 is 1.16 bits per heavy atom. The van der Waals surface area contributed by atoms with Crippen molar-refractivity contribution in [3.05, 3.63) is 0 Å². The van der Waals surface area contributed by atoms with Gasteiger partial charge in [-0.25, -0.2) is 0 Å². The van der Waals surface area contributed by atoms with Gasteiger partial charge in [0.05, 0.1) is 5.41 Å². The van der Waals surface area contributed by atoms with E-state index in [9.17, 15) is 27.9 Å². The molecule has 2 aliphatic rings. The van der Waals surface area contributed by atoms with Crippen molar-refractivity contribution in [2.45, 2.75) is 50.7 Å². The van der Waals surface area contributed by atoms with Crippen LogP contribution in [0.2, 0.25) is 0 Å². The van der Waals surface area contributed by atoms with E-state index < -0.39 is 29.5 Å². The molecule has 0 aromatic heterocycles. The second-order valence-electron chi connectivity index (χ2n) is 5.32. The topological polar surface area (TPSA) is 57.6 Å². The number of aliphatic carboxylic acids is 1. The largest absolute Gasteiger partial charge is 0.481 e. The molecule has 2 atom stereocenters. The molecular weight excluding hydrogens is 263 g/mol. The Hall–Kier alpha value is -1.27. The molecule has 2 unspecified atom stereocenters. The molecule has 0 radical (unpaired) electrons. The predicted molar refractivity (Wildman–Crippen MR) is 59.3 cm³/mol. The standard InChI is InChI=1S/C12H16F3NO3/c13-12(14,15)9(17)16-7-6-11(10(18)19)5-3-1-2-4-8(11)16/h8H,1-7H2,(H,18,19). The normalized spacial score (nSPS) is 31.7. The summed E-state index contributed by atoms with van der Waals surface area (Å²) >= 11 is 0. The number of carbonyl (C=O) groups excluding carboxylic acids is 1. The summed E-state index contributed by atoms with van der Waals surface area (Å²) in [5.74, 6) is -2.97. The zero-order valence-electron chi connectivity index (χ0n) is 10.4. The number of nitrogens with zero attached hydrogens (tertiary/aromatic N) is 1. The number of hydrogen-bond acceptors (Lipinski definition) is 2. The highest BCUT2D eigenvalue weighted by molar-refractivity contribution is 5.85. The smallest absolute Gasteiger partial charge is 0.471 e. The number of likely N-dealkylation sites (tertiary alicyclic amines) is 1. The van der Waals surface area contributed by atoms with Gasteiger partial charge in [0.1, 0.15) is 0 Å². The van der Waals surface area contributed by atoms with E-state index in [1.54, 1.807) is 0 Å². The number of amides is 1. The lowest BCUT2D eigenvalue weighted by molar-refractivity contribution is -0.188. The van der Waals surface area contributed by atoms with Gasteiger partial charge in [-0.2, -0.15) is 13.2 Å². The van der Waals surface area contributed by atoms with Gasteiger partial charge < -0.3 is 10.0 Å². The lowest BCUT2D eigenvalue weighted by atomic mass is 9.76. The van der Waals surface area contributed by atoms with Gasteiger partial charge in [0.2, 0.25) is 0 Å². The second kappa shape index (κ2) is 4.68. The highest BCUT2D eigenvalue weighted by atomic mass is 19.4. The summed E-state index contributed by atoms with van der Waals surface area (Å²) in [6.45, 7) is -0.116. The summed E-state index contributed by atoms with van der Waals surface area (Å²) in [6, 6.07) is -0.818. The van der Waals surface area contributed by atoms with E-state index in [1.807, 2.05) is 0 Å². The molecule has 1 saturated heterocycles. The number of halogens is 3. The summed E-state index contributed by atoms with van der Waals surface area (Å²) in [6.07, 6.45) is -1.95. The summed E-state index contributed by atoms with van der Waals surface area (Å²) in [7, 11) is 0. The van der Waals surface area contributed by atoms with Crippen LogP contribution in [0.5, 0.6) is 0 Å². The summed E-state index contributed by atoms with van der Waals surface area (Å²) in [4.78, 5) is 23.7. The van der Waals surface area contributed by atoms with Crippen LogP contribution in [0.15, 0.2) is 0 Å². The Labute approximate surface area is 108 Å². The molecule has 0 aromatic rings. The van der Waals surface area contributed by atoms with Crippen molar-refractivity contribution in [2.24, 2.45) is 5.41 Å². The molecule has 0 bridgehead atoms. The zero-order chi connectivity index (χ0) is 14.3. The highest BCUT2D eigenvalue weighted by Crippen LogP contribution is 2.47. The number of alkyl halides is 3. The van der Waals surface area contributed by atoms with Crippen molar-refractivity contribution in [3.63, 3.8) is 0 Å². The van der Waals surface area contributed by atoms with Crippen LogP contribution in [0.1, 0.15) is 38.5 Å². The lowest BCUT2D eigenvalue weighted by Crippen LogP contribution is -2.49. The molecule has 1 aliphatic carbocycles. The molecule has 2 rings (SSSR count). The van der Waals surface area contributed by atoms with Crippen LogP contribution in [0.4, 0.5) is 13.2 Å². The second-order valence-corrected chi connectivity index (χ2v) is 5.32. The Morgan fingerprint density at radius 3 is 2.42 bits per heavy atom. The molecule has 2 fully saturated rings. The predicted octanol–water partition coefficient (Wildman–Crippen LogP) is 2.18. The first-order valence-electron chi connectivity index (χ1n) is 6.40. The van der Waals surface area contributed by atoms with Crippen molar-refractivity contribution in [2.75, 3.05) is 6.54 Å². The van der Waals surface area contributed by atoms with E-state index in [-0.39, 0.29) is 13.0 Å². The summed E-state index contributed by atoms with van der Waals surface area (Å²) in [5.41, 5.74) is -1.18. The fraction of sp³-hybridized carbons (Fsp3) is 0.833. The van der Waals surface area contributed by atoms with Gasteiger partial charge in [-0.15, -0.1) is 0 Å². The zero-order valence-corrected chi connectivity index (χ0v) is 10.4. The van der Waals surface area contributed by atoms with Crippen LogP contribution in [0.3, 0.4) is 0 Å². The SMILES string of the molecule is O=C(N1CCC2(C(=O)O)CCCCCC12)C(F)(F)F. The van der Waals surface area contributed by atoms with Gasteiger partial charge in [0, 0.05) is 12.6 Å². The fourth-order valence-corrected chi connectivity index (χ4v) is 3.38. The first-order chi connectivity index (χ1) is 8.79. The minimum Gasteiger partial charge on any atom is -0.481 e. The van der Waals surface area contributed by atoms with Gasteiger partial charge in [-0.05, 0) is 19.3 Å². The van der Waals surface area contributed by atoms with Crippen molar-refractivity contribution < 1.29 is 27.9 Å². The quantitative estimate of drug-likeness (QED) is 0.800. The van der Waals surface area contributed by atoms with Crippen LogP contribution in [-0.4, -0.2) is 40.6 Å². The average molecular weight is 279 g/mol. The van der Waals surface area contributed by atoms with Crippen molar-refractivity contribution >= 4 is 11.9 Å². The summed E-state index contributed by atoms with van der Waals surface area (Å²) < 4.78 is 37.6. The number of carboxylic acids is 1. The molecule has 0 spiro atoms. The highest BCUT2D eigenvalue weighted by Gasteiger charge is 2.57. The number of fused-ring (bicyclic) bond motifs is 1. The number of hydrogen-bond donors (Lipinski definition) is 1. The molecule has 19 heavy (non-hydrogen) atoms. The molecule has 1 N–H and O–H groups in total. The molecule has 0 aromatic carbocycles. The third-order valence-corrected chi connectivity index (χ3v) is 4.34. The van der Waals surface area contributed by atoms with Crippen LogP contribution >= 0.6 is 0 Å². The van der Waals surface area contributed by atoms with Gasteiger partial charge in [-0.1, -0.05) is 19.3 Å². The first-order valence-corrected chi connectivity index (χ1v) is 6.40. The maximum atomic E-state index is 12.5. The van der Waals surface area contributed by atoms with Crippen LogP contribution in [-0.2, 0) is 9.59 Å². The van der Waals surface area contributed by atoms with Gasteiger partial charge >= 0.3 is 18.1 Å². The monoisotopic (exact) mass is 279 g/mol. The van der Waals surface area contributed by atoms with Gasteiger partial charge in [0.15, 0.2) is 0 Å². The van der Waals surface area contributed by atoms with E-state index in [4.69, 9.17) is 0 Å². The Balaban J connectivity index is 2.31. The van der Waals surface area contributed by atoms with Gasteiger partial charge in [-0.3, -0.25) is 9.59 Å². The molecular formula is C12H16F3NO3. The Bertz CT molecular complexity index is 396. The van der Waals surface area contributed by atoms with Crippen LogP contribution in [0, 0.1) is 5.41 Å². The molecule has 4 nitrogen and oxygen atoms in total. The number of carbonyl (C=O) groups is 2. The maximum Gasteiger partial charge on any atom is 0.471 e. The van der Waals surface area contributed by atoms with Crippen LogP contribution < -0.4 is 0 Å². The molecule has 108 valence electrons. The molecule has 7 heteroatoms. The van der Waals surface area contributed by atoms with Gasteiger partial charge in [0.25, 0.3) is 0 Å². The van der Waals surface area contributed by atoms with E-state index in [2.05, 4.69) is 0 Å². The fourth-order valence-electron chi connectivity index (χ4n) is 3.38. The molecule has 1 heterocycles. The lowest BCUT2D eigenvalue weighted by Gasteiger charge is -2.33. The molecule has 1 amide bonds. The maximum absolute atomic E-state index is 12.5. The third kappa shape index (κ3) is 2.30. The molecule has 1 saturated carbocycles. The first kappa shape index (κ1) is 14.1. The number of carboxylic acid groups (broad SMARTS) is 1. The summed E-state index contributed by atoms with van der Waals surface area (Å²) in [5, 5.41) is 9.41. The van der Waals surface area contributed by atoms with Crippen molar-refractivity contribution in [3.8, 4) is 0 Å². The Kier molecular flexibility index (Phi) is 3.49. The minimum absolute atomic E-state index is 0.116. The van der Waals surface area contributed by atoms with E-state index in [1.165, 1.54) is 0 Å². The third-order valence-electron chi connectivity index (χ3n) is 4.34. The van der Waals surface area contributed by atoms with Crippen molar-refractivity contribution in [1.29, 1.82) is 0 Å². The van der Waals surface area contributed by atoms with Crippen molar-refractivity contribution in [1.82, 2.24) is 4.90 Å². The van der Waals surface area contributed by atoms with E-state index in [0.29, 0.717) is 25.7 Å².